The van der Waals surface area contributed by atoms with E-state index in [9.17, 15) is 23.2 Å². The van der Waals surface area contributed by atoms with Gasteiger partial charge >= 0.3 is 5.69 Å². The van der Waals surface area contributed by atoms with Crippen LogP contribution < -0.4 is 21.9 Å². The van der Waals surface area contributed by atoms with E-state index in [-0.39, 0.29) is 30.1 Å². The number of nitrogens with one attached hydrogen (secondary N) is 4. The number of alkyl halides is 2. The van der Waals surface area contributed by atoms with E-state index >= 15 is 0 Å². The Balaban J connectivity index is 1.59. The summed E-state index contributed by atoms with van der Waals surface area (Å²) in [6, 6.07) is 1.00. The molecule has 1 heterocycles. The van der Waals surface area contributed by atoms with Gasteiger partial charge in [0.25, 0.3) is 5.56 Å². The van der Waals surface area contributed by atoms with Crippen molar-refractivity contribution in [1.29, 1.82) is 0 Å². The molecule has 0 saturated heterocycles. The molecule has 9 heteroatoms. The molecule has 0 radical (unpaired) electrons. The van der Waals surface area contributed by atoms with Crippen LogP contribution in [0.25, 0.3) is 0 Å². The predicted molar refractivity (Wildman–Crippen MR) is 87.7 cm³/mol. The molecule has 0 aromatic carbocycles. The van der Waals surface area contributed by atoms with Gasteiger partial charge in [0.15, 0.2) is 0 Å². The average molecular weight is 356 g/mol. The van der Waals surface area contributed by atoms with Gasteiger partial charge in [0.1, 0.15) is 5.82 Å². The molecule has 2 saturated carbocycles. The highest BCUT2D eigenvalue weighted by Gasteiger charge is 2.40. The number of carbonyl (C=O) groups is 1. The molecule has 3 rings (SSSR count). The number of carbonyl (C=O) groups excluding carboxylic acids is 1. The first-order valence-corrected chi connectivity index (χ1v) is 8.58. The van der Waals surface area contributed by atoms with E-state index in [1.165, 1.54) is 6.07 Å². The van der Waals surface area contributed by atoms with Crippen LogP contribution in [0.5, 0.6) is 0 Å². The molecule has 2 aliphatic carbocycles. The molecule has 0 bridgehead atoms. The topological polar surface area (TPSA) is 107 Å². The maximum absolute atomic E-state index is 13.5. The number of rotatable bonds is 6. The lowest BCUT2D eigenvalue weighted by Crippen LogP contribution is -2.46. The molecular weight excluding hydrogens is 334 g/mol. The molecule has 2 unspecified atom stereocenters. The zero-order chi connectivity index (χ0) is 18.0. The quantitative estimate of drug-likeness (QED) is 0.614. The van der Waals surface area contributed by atoms with E-state index < -0.39 is 29.5 Å². The van der Waals surface area contributed by atoms with Crippen molar-refractivity contribution in [3.63, 3.8) is 0 Å². The normalized spacial score (nSPS) is 23.7. The SMILES string of the molecule is O=C(NC(CNc1cc(=O)[nH]c(=O)[nH]1)C1CC1)C1CCCC(F)(F)C1. The summed E-state index contributed by atoms with van der Waals surface area (Å²) in [7, 11) is 0. The predicted octanol–water partition coefficient (Wildman–Crippen LogP) is 1.20. The van der Waals surface area contributed by atoms with E-state index in [2.05, 4.69) is 20.6 Å². The molecule has 2 atom stereocenters. The zero-order valence-electron chi connectivity index (χ0n) is 13.7. The van der Waals surface area contributed by atoms with Gasteiger partial charge < -0.3 is 10.6 Å². The van der Waals surface area contributed by atoms with Crippen LogP contribution in [0.2, 0.25) is 0 Å². The molecule has 1 aromatic rings. The fourth-order valence-electron chi connectivity index (χ4n) is 3.31. The van der Waals surface area contributed by atoms with Crippen molar-refractivity contribution in [3.8, 4) is 0 Å². The Kier molecular flexibility index (Phi) is 4.91. The number of H-pyrrole nitrogens is 2. The molecule has 1 amide bonds. The Labute approximate surface area is 142 Å². The van der Waals surface area contributed by atoms with E-state index in [4.69, 9.17) is 0 Å². The molecule has 1 aromatic heterocycles. The first-order valence-electron chi connectivity index (χ1n) is 8.58. The molecule has 4 N–H and O–H groups in total. The third-order valence-corrected chi connectivity index (χ3v) is 4.80. The van der Waals surface area contributed by atoms with E-state index in [1.807, 2.05) is 0 Å². The molecule has 2 fully saturated rings. The monoisotopic (exact) mass is 356 g/mol. The summed E-state index contributed by atoms with van der Waals surface area (Å²) in [5.74, 6) is -3.22. The minimum absolute atomic E-state index is 0.152. The first kappa shape index (κ1) is 17.6. The largest absolute Gasteiger partial charge is 0.369 e. The van der Waals surface area contributed by atoms with Gasteiger partial charge in [-0.3, -0.25) is 19.6 Å². The van der Waals surface area contributed by atoms with Gasteiger partial charge in [-0.1, -0.05) is 0 Å². The smallest absolute Gasteiger partial charge is 0.327 e. The lowest BCUT2D eigenvalue weighted by Gasteiger charge is -2.29. The maximum atomic E-state index is 13.5. The van der Waals surface area contributed by atoms with Gasteiger partial charge in [-0.05, 0) is 31.6 Å². The number of aromatic amines is 2. The summed E-state index contributed by atoms with van der Waals surface area (Å²) < 4.78 is 27.0. The van der Waals surface area contributed by atoms with Crippen molar-refractivity contribution in [3.05, 3.63) is 26.9 Å². The zero-order valence-corrected chi connectivity index (χ0v) is 13.7. The van der Waals surface area contributed by atoms with Crippen molar-refractivity contribution < 1.29 is 13.6 Å². The van der Waals surface area contributed by atoms with Crippen LogP contribution in [0, 0.1) is 11.8 Å². The van der Waals surface area contributed by atoms with Crippen molar-refractivity contribution >= 4 is 11.7 Å². The van der Waals surface area contributed by atoms with Gasteiger partial charge in [-0.2, -0.15) is 0 Å². The van der Waals surface area contributed by atoms with Gasteiger partial charge in [-0.15, -0.1) is 0 Å². The fraction of sp³-hybridized carbons (Fsp3) is 0.688. The van der Waals surface area contributed by atoms with Gasteiger partial charge in [0, 0.05) is 37.4 Å². The Morgan fingerprint density at radius 2 is 2.04 bits per heavy atom. The standard InChI is InChI=1S/C16H22F2N4O3/c17-16(18)5-1-2-10(7-16)14(24)20-11(9-3-4-9)8-19-12-6-13(23)22-15(25)21-12/h6,9-11H,1-5,7-8H2,(H,20,24)(H3,19,21,22,23,25). The third-order valence-electron chi connectivity index (χ3n) is 4.80. The number of hydrogen-bond acceptors (Lipinski definition) is 4. The van der Waals surface area contributed by atoms with Gasteiger partial charge in [0.2, 0.25) is 11.8 Å². The van der Waals surface area contributed by atoms with Crippen LogP contribution in [0.3, 0.4) is 0 Å². The summed E-state index contributed by atoms with van der Waals surface area (Å²) in [6.45, 7) is 0.318. The fourth-order valence-corrected chi connectivity index (χ4v) is 3.31. The summed E-state index contributed by atoms with van der Waals surface area (Å²) in [6.07, 6.45) is 2.20. The number of anilines is 1. The first-order chi connectivity index (χ1) is 11.8. The minimum Gasteiger partial charge on any atom is -0.369 e. The highest BCUT2D eigenvalue weighted by Crippen LogP contribution is 2.37. The lowest BCUT2D eigenvalue weighted by molar-refractivity contribution is -0.133. The van der Waals surface area contributed by atoms with E-state index in [0.29, 0.717) is 19.4 Å². The second-order valence-electron chi connectivity index (χ2n) is 6.98. The van der Waals surface area contributed by atoms with Crippen molar-refractivity contribution in [1.82, 2.24) is 15.3 Å². The molecule has 0 spiro atoms. The molecule has 2 aliphatic rings. The van der Waals surface area contributed by atoms with Crippen LogP contribution in [0.15, 0.2) is 15.7 Å². The highest BCUT2D eigenvalue weighted by atomic mass is 19.3. The van der Waals surface area contributed by atoms with Crippen LogP contribution in [0.4, 0.5) is 14.6 Å². The summed E-state index contributed by atoms with van der Waals surface area (Å²) in [4.78, 5) is 39.4. The minimum atomic E-state index is -2.77. The second-order valence-corrected chi connectivity index (χ2v) is 6.98. The molecule has 0 aliphatic heterocycles. The van der Waals surface area contributed by atoms with Crippen LogP contribution in [-0.2, 0) is 4.79 Å². The number of halogens is 2. The summed E-state index contributed by atoms with van der Waals surface area (Å²) in [5, 5.41) is 5.81. The Morgan fingerprint density at radius 3 is 2.68 bits per heavy atom. The number of aromatic nitrogens is 2. The molecule has 7 nitrogen and oxygen atoms in total. The summed E-state index contributed by atoms with van der Waals surface area (Å²) in [5.41, 5.74) is -1.14. The number of hydrogen-bond donors (Lipinski definition) is 4. The Bertz CT molecular complexity index is 713. The lowest BCUT2D eigenvalue weighted by atomic mass is 9.85. The molecule has 25 heavy (non-hydrogen) atoms. The Morgan fingerprint density at radius 1 is 1.28 bits per heavy atom. The van der Waals surface area contributed by atoms with Crippen LogP contribution in [-0.4, -0.2) is 34.4 Å². The second kappa shape index (κ2) is 6.97. The number of amides is 1. The van der Waals surface area contributed by atoms with Crippen LogP contribution >= 0.6 is 0 Å². The third kappa shape index (κ3) is 4.90. The van der Waals surface area contributed by atoms with Gasteiger partial charge in [-0.25, -0.2) is 13.6 Å². The average Bonchev–Trinajstić information content (AvgIpc) is 3.34. The van der Waals surface area contributed by atoms with E-state index in [1.54, 1.807) is 0 Å². The van der Waals surface area contributed by atoms with Crippen molar-refractivity contribution in [2.24, 2.45) is 11.8 Å². The van der Waals surface area contributed by atoms with E-state index in [0.717, 1.165) is 12.8 Å². The van der Waals surface area contributed by atoms with Crippen molar-refractivity contribution in [2.75, 3.05) is 11.9 Å². The summed E-state index contributed by atoms with van der Waals surface area (Å²) >= 11 is 0. The Hall–Kier alpha value is -2.19. The van der Waals surface area contributed by atoms with Gasteiger partial charge in [0.05, 0.1) is 0 Å². The highest BCUT2D eigenvalue weighted by molar-refractivity contribution is 5.79. The maximum Gasteiger partial charge on any atom is 0.327 e. The molecular formula is C16H22F2N4O3. The molecule has 138 valence electrons. The van der Waals surface area contributed by atoms with Crippen LogP contribution in [0.1, 0.15) is 38.5 Å². The van der Waals surface area contributed by atoms with Crippen molar-refractivity contribution in [2.45, 2.75) is 50.5 Å².